The molecule has 1 N–H and O–H groups in total. The molecule has 0 bridgehead atoms. The van der Waals surface area contributed by atoms with E-state index in [1.807, 2.05) is 26.0 Å². The minimum Gasteiger partial charge on any atom is -0.395 e. The first-order valence-corrected chi connectivity index (χ1v) is 8.11. The van der Waals surface area contributed by atoms with Gasteiger partial charge in [-0.15, -0.1) is 0 Å². The topological polar surface area (TPSA) is 57.6 Å². The molecule has 0 aromatic heterocycles. The molecular weight excluding hydrogens is 262 g/mol. The highest BCUT2D eigenvalue weighted by molar-refractivity contribution is 7.89. The van der Waals surface area contributed by atoms with E-state index in [0.717, 1.165) is 30.4 Å². The number of aliphatic hydroxyl groups is 1. The Balaban J connectivity index is 2.40. The van der Waals surface area contributed by atoms with E-state index in [2.05, 4.69) is 0 Å². The lowest BCUT2D eigenvalue weighted by Crippen LogP contribution is -2.45. The summed E-state index contributed by atoms with van der Waals surface area (Å²) in [5, 5.41) is 9.38. The highest BCUT2D eigenvalue weighted by atomic mass is 32.2. The lowest BCUT2D eigenvalue weighted by molar-refractivity contribution is 0.155. The Morgan fingerprint density at radius 1 is 1.32 bits per heavy atom. The van der Waals surface area contributed by atoms with E-state index in [0.29, 0.717) is 11.4 Å². The van der Waals surface area contributed by atoms with E-state index in [1.54, 1.807) is 6.07 Å². The number of benzene rings is 1. The normalized spacial score (nSPS) is 21.5. The Morgan fingerprint density at radius 3 is 2.68 bits per heavy atom. The average molecular weight is 283 g/mol. The Bertz CT molecular complexity index is 554. The van der Waals surface area contributed by atoms with Gasteiger partial charge in [-0.25, -0.2) is 8.42 Å². The molecule has 1 aromatic carbocycles. The number of hydrogen-bond donors (Lipinski definition) is 1. The summed E-state index contributed by atoms with van der Waals surface area (Å²) < 4.78 is 26.9. The van der Waals surface area contributed by atoms with Crippen LogP contribution in [0.25, 0.3) is 0 Å². The zero-order chi connectivity index (χ0) is 14.0. The van der Waals surface area contributed by atoms with Gasteiger partial charge in [-0.1, -0.05) is 24.1 Å². The van der Waals surface area contributed by atoms with Crippen LogP contribution in [0.2, 0.25) is 0 Å². The summed E-state index contributed by atoms with van der Waals surface area (Å²) in [6.45, 7) is 4.16. The number of nitrogens with zero attached hydrogens (tertiary/aromatic N) is 1. The molecule has 106 valence electrons. The summed E-state index contributed by atoms with van der Waals surface area (Å²) in [5.41, 5.74) is 1.82. The van der Waals surface area contributed by atoms with Crippen molar-refractivity contribution in [3.05, 3.63) is 29.3 Å². The SMILES string of the molecule is Cc1ccc(S(=O)(=O)N2CCCCC2CO)c(C)c1. The molecule has 1 heterocycles. The Hall–Kier alpha value is -0.910. The van der Waals surface area contributed by atoms with Crippen LogP contribution in [0, 0.1) is 13.8 Å². The fraction of sp³-hybridized carbons (Fsp3) is 0.571. The second kappa shape index (κ2) is 5.61. The van der Waals surface area contributed by atoms with Crippen LogP contribution in [0.1, 0.15) is 30.4 Å². The van der Waals surface area contributed by atoms with Crippen molar-refractivity contribution in [2.75, 3.05) is 13.2 Å². The van der Waals surface area contributed by atoms with Gasteiger partial charge in [0.15, 0.2) is 0 Å². The van der Waals surface area contributed by atoms with Gasteiger partial charge in [-0.2, -0.15) is 4.31 Å². The molecule has 0 amide bonds. The molecule has 0 aliphatic carbocycles. The van der Waals surface area contributed by atoms with E-state index in [4.69, 9.17) is 0 Å². The van der Waals surface area contributed by atoms with Crippen molar-refractivity contribution in [3.8, 4) is 0 Å². The van der Waals surface area contributed by atoms with Crippen LogP contribution in [0.15, 0.2) is 23.1 Å². The molecule has 0 radical (unpaired) electrons. The molecule has 19 heavy (non-hydrogen) atoms. The first-order chi connectivity index (χ1) is 8.96. The molecule has 1 aliphatic rings. The number of hydrogen-bond acceptors (Lipinski definition) is 3. The fourth-order valence-corrected chi connectivity index (χ4v) is 4.58. The lowest BCUT2D eigenvalue weighted by Gasteiger charge is -2.33. The average Bonchev–Trinajstić information content (AvgIpc) is 2.38. The van der Waals surface area contributed by atoms with E-state index in [-0.39, 0.29) is 12.6 Å². The summed E-state index contributed by atoms with van der Waals surface area (Å²) in [5.74, 6) is 0. The number of aliphatic hydroxyl groups excluding tert-OH is 1. The minimum absolute atomic E-state index is 0.107. The number of sulfonamides is 1. The van der Waals surface area contributed by atoms with Gasteiger partial charge >= 0.3 is 0 Å². The van der Waals surface area contributed by atoms with Crippen molar-refractivity contribution in [2.24, 2.45) is 0 Å². The largest absolute Gasteiger partial charge is 0.395 e. The zero-order valence-corrected chi connectivity index (χ0v) is 12.3. The second-order valence-electron chi connectivity index (χ2n) is 5.22. The van der Waals surface area contributed by atoms with E-state index in [1.165, 1.54) is 4.31 Å². The maximum atomic E-state index is 12.7. The maximum absolute atomic E-state index is 12.7. The zero-order valence-electron chi connectivity index (χ0n) is 11.5. The Morgan fingerprint density at radius 2 is 2.05 bits per heavy atom. The Kier molecular flexibility index (Phi) is 4.28. The van der Waals surface area contributed by atoms with Gasteiger partial charge in [-0.05, 0) is 38.3 Å². The molecule has 2 rings (SSSR count). The third-order valence-electron chi connectivity index (χ3n) is 3.70. The molecule has 4 nitrogen and oxygen atoms in total. The molecule has 1 unspecified atom stereocenters. The van der Waals surface area contributed by atoms with Gasteiger partial charge in [0.1, 0.15) is 0 Å². The molecule has 1 atom stereocenters. The first-order valence-electron chi connectivity index (χ1n) is 6.67. The van der Waals surface area contributed by atoms with Crippen molar-refractivity contribution in [1.82, 2.24) is 4.31 Å². The van der Waals surface area contributed by atoms with Crippen LogP contribution < -0.4 is 0 Å². The number of piperidine rings is 1. The fourth-order valence-electron chi connectivity index (χ4n) is 2.69. The monoisotopic (exact) mass is 283 g/mol. The van der Waals surface area contributed by atoms with Crippen LogP contribution in [-0.2, 0) is 10.0 Å². The van der Waals surface area contributed by atoms with Gasteiger partial charge in [0.2, 0.25) is 10.0 Å². The predicted octanol–water partition coefficient (Wildman–Crippen LogP) is 1.84. The van der Waals surface area contributed by atoms with Crippen molar-refractivity contribution in [1.29, 1.82) is 0 Å². The smallest absolute Gasteiger partial charge is 0.243 e. The van der Waals surface area contributed by atoms with Crippen LogP contribution in [0.4, 0.5) is 0 Å². The third kappa shape index (κ3) is 2.83. The van der Waals surface area contributed by atoms with Gasteiger partial charge in [0.05, 0.1) is 11.5 Å². The van der Waals surface area contributed by atoms with E-state index < -0.39 is 10.0 Å². The number of aryl methyl sites for hydroxylation is 2. The molecule has 0 spiro atoms. The van der Waals surface area contributed by atoms with Crippen LogP contribution in [-0.4, -0.2) is 37.0 Å². The molecule has 0 saturated carbocycles. The summed E-state index contributed by atoms with van der Waals surface area (Å²) in [7, 11) is -3.50. The molecule has 1 aliphatic heterocycles. The first kappa shape index (κ1) is 14.5. The van der Waals surface area contributed by atoms with Crippen molar-refractivity contribution < 1.29 is 13.5 Å². The highest BCUT2D eigenvalue weighted by Gasteiger charge is 2.33. The standard InChI is InChI=1S/C14H21NO3S/c1-11-6-7-14(12(2)9-11)19(17,18)15-8-4-3-5-13(15)10-16/h6-7,9,13,16H,3-5,8,10H2,1-2H3. The molecule has 1 aromatic rings. The lowest BCUT2D eigenvalue weighted by atomic mass is 10.1. The minimum atomic E-state index is -3.50. The summed E-state index contributed by atoms with van der Waals surface area (Å²) in [6, 6.07) is 5.09. The van der Waals surface area contributed by atoms with Crippen LogP contribution >= 0.6 is 0 Å². The van der Waals surface area contributed by atoms with E-state index in [9.17, 15) is 13.5 Å². The van der Waals surface area contributed by atoms with E-state index >= 15 is 0 Å². The van der Waals surface area contributed by atoms with Crippen molar-refractivity contribution in [3.63, 3.8) is 0 Å². The quantitative estimate of drug-likeness (QED) is 0.921. The molecule has 1 fully saturated rings. The number of rotatable bonds is 3. The predicted molar refractivity (Wildman–Crippen MR) is 74.5 cm³/mol. The van der Waals surface area contributed by atoms with Crippen LogP contribution in [0.5, 0.6) is 0 Å². The van der Waals surface area contributed by atoms with Gasteiger partial charge in [-0.3, -0.25) is 0 Å². The molecular formula is C14H21NO3S. The molecule has 5 heteroatoms. The van der Waals surface area contributed by atoms with Crippen molar-refractivity contribution >= 4 is 10.0 Å². The van der Waals surface area contributed by atoms with Gasteiger partial charge in [0, 0.05) is 12.6 Å². The second-order valence-corrected chi connectivity index (χ2v) is 7.08. The van der Waals surface area contributed by atoms with Gasteiger partial charge in [0.25, 0.3) is 0 Å². The third-order valence-corrected chi connectivity index (χ3v) is 5.81. The van der Waals surface area contributed by atoms with Crippen LogP contribution in [0.3, 0.4) is 0 Å². The molecule has 1 saturated heterocycles. The summed E-state index contributed by atoms with van der Waals surface area (Å²) in [6.07, 6.45) is 2.57. The Labute approximate surface area is 115 Å². The summed E-state index contributed by atoms with van der Waals surface area (Å²) in [4.78, 5) is 0.360. The van der Waals surface area contributed by atoms with Crippen molar-refractivity contribution in [2.45, 2.75) is 44.0 Å². The highest BCUT2D eigenvalue weighted by Crippen LogP contribution is 2.27. The maximum Gasteiger partial charge on any atom is 0.243 e. The summed E-state index contributed by atoms with van der Waals surface area (Å²) >= 11 is 0. The van der Waals surface area contributed by atoms with Gasteiger partial charge < -0.3 is 5.11 Å².